The van der Waals surface area contributed by atoms with Crippen LogP contribution in [0.2, 0.25) is 0 Å². The maximum Gasteiger partial charge on any atom is 0.153 e. The maximum atomic E-state index is 4.18. The summed E-state index contributed by atoms with van der Waals surface area (Å²) in [5.41, 5.74) is 5.30. The average molecular weight is 966 g/mol. The Morgan fingerprint density at radius 1 is 0.614 bits per heavy atom. The number of aromatic amines is 1. The van der Waals surface area contributed by atoms with Crippen LogP contribution in [0.5, 0.6) is 0 Å². The van der Waals surface area contributed by atoms with E-state index < -0.39 is 0 Å². The van der Waals surface area contributed by atoms with Crippen molar-refractivity contribution in [2.45, 2.75) is 160 Å². The molecule has 70 heavy (non-hydrogen) atoms. The Morgan fingerprint density at radius 2 is 1.27 bits per heavy atom. The summed E-state index contributed by atoms with van der Waals surface area (Å²) in [6.07, 6.45) is 21.8. The van der Waals surface area contributed by atoms with E-state index >= 15 is 0 Å². The summed E-state index contributed by atoms with van der Waals surface area (Å²) in [7, 11) is 9.91. The van der Waals surface area contributed by atoms with E-state index in [0.717, 1.165) is 35.6 Å². The Bertz CT molecular complexity index is 2240. The van der Waals surface area contributed by atoms with Crippen LogP contribution in [0.3, 0.4) is 0 Å². The molecule has 0 unspecified atom stereocenters. The number of azo groups is 1. The molecular formula is C53H91N17. The zero-order chi connectivity index (χ0) is 53.1. The lowest BCUT2D eigenvalue weighted by Crippen LogP contribution is -2.00. The minimum atomic E-state index is 0.432. The molecule has 1 N–H and O–H groups in total. The number of aromatic nitrogens is 13. The summed E-state index contributed by atoms with van der Waals surface area (Å²) >= 11 is 0. The van der Waals surface area contributed by atoms with Crippen molar-refractivity contribution in [3.63, 3.8) is 0 Å². The molecule has 0 fully saturated rings. The number of aliphatic imine (C=N–C) groups is 2. The molecule has 2 aliphatic rings. The minimum Gasteiger partial charge on any atom is -0.354 e. The van der Waals surface area contributed by atoms with Crippen molar-refractivity contribution in [3.05, 3.63) is 114 Å². The van der Waals surface area contributed by atoms with Gasteiger partial charge in [0.1, 0.15) is 36.0 Å². The first-order valence-electron chi connectivity index (χ1n) is 24.8. The van der Waals surface area contributed by atoms with Gasteiger partial charge in [-0.3, -0.25) is 14.4 Å². The molecule has 8 heterocycles. The molecule has 0 saturated heterocycles. The Balaban J connectivity index is 0.000000400. The third kappa shape index (κ3) is 23.9. The van der Waals surface area contributed by atoms with Crippen molar-refractivity contribution in [1.29, 1.82) is 0 Å². The van der Waals surface area contributed by atoms with Crippen LogP contribution in [0.4, 0.5) is 0 Å². The molecule has 0 atom stereocenters. The topological polar surface area (TPSA) is 180 Å². The highest BCUT2D eigenvalue weighted by atomic mass is 15.3. The van der Waals surface area contributed by atoms with Crippen molar-refractivity contribution < 1.29 is 0 Å². The van der Waals surface area contributed by atoms with Gasteiger partial charge in [0, 0.05) is 132 Å². The van der Waals surface area contributed by atoms with Gasteiger partial charge in [0.2, 0.25) is 0 Å². The normalized spacial score (nSPS) is 12.3. The molecule has 0 amide bonds. The molecule has 17 heteroatoms. The van der Waals surface area contributed by atoms with Gasteiger partial charge in [0.05, 0.1) is 6.33 Å². The number of amidine groups is 1. The van der Waals surface area contributed by atoms with E-state index in [1.807, 2.05) is 74.7 Å². The number of allylic oxidation sites excluding steroid dienone is 2. The van der Waals surface area contributed by atoms with Crippen molar-refractivity contribution in [2.24, 2.45) is 67.3 Å². The van der Waals surface area contributed by atoms with Gasteiger partial charge in [-0.25, -0.2) is 29.9 Å². The number of aryl methyl sites for hydroxylation is 6. The van der Waals surface area contributed by atoms with E-state index in [0.29, 0.717) is 54.0 Å². The molecule has 6 aromatic rings. The molecule has 0 bridgehead atoms. The fraction of sp³-hybridized carbons (Fsp3) is 0.604. The highest BCUT2D eigenvalue weighted by molar-refractivity contribution is 5.85. The van der Waals surface area contributed by atoms with Gasteiger partial charge >= 0.3 is 0 Å². The number of nitrogens with one attached hydrogen (secondary N) is 1. The molecule has 0 saturated carbocycles. The lowest BCUT2D eigenvalue weighted by atomic mass is 10.1. The van der Waals surface area contributed by atoms with Crippen molar-refractivity contribution in [3.8, 4) is 0 Å². The first kappa shape index (κ1) is 61.9. The number of hydrogen-bond donors (Lipinski definition) is 1. The molecule has 6 aromatic heterocycles. The second kappa shape index (κ2) is 32.6. The third-order valence-corrected chi connectivity index (χ3v) is 10.3. The summed E-state index contributed by atoms with van der Waals surface area (Å²) in [5.74, 6) is 9.25. The highest BCUT2D eigenvalue weighted by Crippen LogP contribution is 2.17. The predicted octanol–water partition coefficient (Wildman–Crippen LogP) is 12.4. The van der Waals surface area contributed by atoms with E-state index in [-0.39, 0.29) is 0 Å². The van der Waals surface area contributed by atoms with Crippen molar-refractivity contribution >= 4 is 12.1 Å². The summed E-state index contributed by atoms with van der Waals surface area (Å²) in [6.45, 7) is 36.7. The van der Waals surface area contributed by atoms with Crippen LogP contribution in [-0.4, -0.2) is 81.9 Å². The van der Waals surface area contributed by atoms with Crippen LogP contribution in [0.1, 0.15) is 193 Å². The number of nitrogens with zero attached hydrogens (tertiary/aromatic N) is 16. The van der Waals surface area contributed by atoms with Gasteiger partial charge in [-0.05, 0) is 36.3 Å². The summed E-state index contributed by atoms with van der Waals surface area (Å²) in [5, 5.41) is 15.6. The Labute approximate surface area is 421 Å². The van der Waals surface area contributed by atoms with Gasteiger partial charge in [-0.15, -0.1) is 5.11 Å². The van der Waals surface area contributed by atoms with E-state index in [4.69, 9.17) is 0 Å². The van der Waals surface area contributed by atoms with Crippen LogP contribution in [-0.2, 0) is 35.2 Å². The second-order valence-electron chi connectivity index (χ2n) is 19.7. The Kier molecular flexibility index (Phi) is 28.9. The fourth-order valence-corrected chi connectivity index (χ4v) is 6.53. The van der Waals surface area contributed by atoms with Gasteiger partial charge in [-0.2, -0.15) is 15.3 Å². The van der Waals surface area contributed by atoms with Crippen LogP contribution < -0.4 is 0 Å². The first-order valence-corrected chi connectivity index (χ1v) is 24.8. The molecule has 0 aromatic carbocycles. The zero-order valence-electron chi connectivity index (χ0n) is 47.1. The summed E-state index contributed by atoms with van der Waals surface area (Å²) in [6, 6.07) is 2.24. The lowest BCUT2D eigenvalue weighted by Gasteiger charge is -2.04. The van der Waals surface area contributed by atoms with Crippen LogP contribution in [0.25, 0.3) is 0 Å². The van der Waals surface area contributed by atoms with Gasteiger partial charge in [0.15, 0.2) is 12.5 Å². The highest BCUT2D eigenvalue weighted by Gasteiger charge is 2.07. The SMILES string of the molecule is CC(C)C1=CCC=N1.CC(C)C1=NCN=N1.CC(C)c1cncn1C.CC(C)c1ncc[nH]1.CC(C)c1nccn1C.CC(C)c1ncn(C)n1.CC(C)c1ncnn1C.Cc1cc(C(C)C)n(C)c1. The lowest BCUT2D eigenvalue weighted by molar-refractivity contribution is 0.655. The van der Waals surface area contributed by atoms with Crippen molar-refractivity contribution in [2.75, 3.05) is 6.67 Å². The summed E-state index contributed by atoms with van der Waals surface area (Å²) in [4.78, 5) is 31.6. The molecule has 17 nitrogen and oxygen atoms in total. The van der Waals surface area contributed by atoms with E-state index in [9.17, 15) is 0 Å². The average Bonchev–Trinajstić information content (AvgIpc) is 4.14. The predicted molar refractivity (Wildman–Crippen MR) is 290 cm³/mol. The number of imidazole rings is 3. The molecule has 8 rings (SSSR count). The zero-order valence-corrected chi connectivity index (χ0v) is 47.1. The molecule has 0 aliphatic carbocycles. The molecule has 388 valence electrons. The van der Waals surface area contributed by atoms with E-state index in [2.05, 4.69) is 208 Å². The monoisotopic (exact) mass is 966 g/mol. The number of hydrogen-bond acceptors (Lipinski definition) is 11. The molecular weight excluding hydrogens is 875 g/mol. The summed E-state index contributed by atoms with van der Waals surface area (Å²) < 4.78 is 9.80. The second-order valence-corrected chi connectivity index (χ2v) is 19.7. The standard InChI is InChI=1S/C9H15N.2C7H12N2.C7H11N.2C6H11N3.C6H10N2.C5H9N3/c1-7(2)9-5-8(3)6-10(9)4;1-6(2)7-4-8-5-9(7)3;1-6(2)7-8-4-5-9(7)3;1-6(2)7-4-3-5-8-7;1-5(2)6-7-4-9(3)8-6;1-5(2)6-7-4-8-9(6)3;1-5(2)6-7-3-4-8-6;1-4(2)5-6-3-7-8-5/h5-7H,1-4H3;2*4-6H,1-3H3;4-6H,3H2,1-2H3;2*4-5H,1-3H3;3-5H,1-2H3,(H,7,8);4H,3H2,1-2H3. The Hall–Kier alpha value is -6.13. The number of H-pyrrole nitrogens is 1. The smallest absolute Gasteiger partial charge is 0.153 e. The molecule has 0 spiro atoms. The van der Waals surface area contributed by atoms with Gasteiger partial charge in [0.25, 0.3) is 0 Å². The molecule has 0 radical (unpaired) electrons. The largest absolute Gasteiger partial charge is 0.354 e. The van der Waals surface area contributed by atoms with Crippen LogP contribution >= 0.6 is 0 Å². The van der Waals surface area contributed by atoms with E-state index in [1.54, 1.807) is 28.2 Å². The minimum absolute atomic E-state index is 0.432. The third-order valence-electron chi connectivity index (χ3n) is 10.3. The van der Waals surface area contributed by atoms with Crippen molar-refractivity contribution in [1.82, 2.24) is 63.2 Å². The maximum absolute atomic E-state index is 4.18. The number of rotatable bonds is 8. The van der Waals surface area contributed by atoms with Gasteiger partial charge < -0.3 is 18.7 Å². The first-order chi connectivity index (χ1) is 32.9. The van der Waals surface area contributed by atoms with Crippen LogP contribution in [0.15, 0.2) is 94.2 Å². The van der Waals surface area contributed by atoms with E-state index in [1.165, 1.54) is 22.6 Å². The molecule has 2 aliphatic heterocycles. The Morgan fingerprint density at radius 3 is 1.50 bits per heavy atom. The quantitative estimate of drug-likeness (QED) is 0.158. The van der Waals surface area contributed by atoms with Crippen LogP contribution in [0, 0.1) is 18.8 Å². The van der Waals surface area contributed by atoms with Gasteiger partial charge in [-0.1, -0.05) is 117 Å². The fourth-order valence-electron chi connectivity index (χ4n) is 6.53.